The van der Waals surface area contributed by atoms with Gasteiger partial charge in [0.25, 0.3) is 0 Å². The monoisotopic (exact) mass is 411 g/mol. The predicted molar refractivity (Wildman–Crippen MR) is 115 cm³/mol. The van der Waals surface area contributed by atoms with Crippen LogP contribution in [0.15, 0.2) is 48.5 Å². The fraction of sp³-hybridized carbons (Fsp3) is 0.391. The first-order valence-electron chi connectivity index (χ1n) is 10.2. The number of benzene rings is 2. The molecule has 1 aliphatic rings. The number of hydrogen-bond acceptors (Lipinski definition) is 4. The fourth-order valence-corrected chi connectivity index (χ4v) is 4.24. The van der Waals surface area contributed by atoms with Crippen molar-refractivity contribution < 1.29 is 9.53 Å². The normalized spacial score (nSPS) is 15.7. The number of carbonyl (C=O) groups excluding carboxylic acids is 1. The predicted octanol–water partition coefficient (Wildman–Crippen LogP) is 4.51. The van der Waals surface area contributed by atoms with E-state index in [-0.39, 0.29) is 11.9 Å². The van der Waals surface area contributed by atoms with Crippen LogP contribution in [0.25, 0.3) is 11.0 Å². The lowest BCUT2D eigenvalue weighted by Gasteiger charge is -2.30. The number of nitrogens with zero attached hydrogens (tertiary/aromatic N) is 3. The minimum absolute atomic E-state index is 0.0245. The van der Waals surface area contributed by atoms with E-state index < -0.39 is 0 Å². The Morgan fingerprint density at radius 2 is 1.93 bits per heavy atom. The van der Waals surface area contributed by atoms with E-state index in [1.807, 2.05) is 37.3 Å². The molecule has 29 heavy (non-hydrogen) atoms. The second kappa shape index (κ2) is 8.97. The minimum Gasteiger partial charge on any atom is -0.466 e. The van der Waals surface area contributed by atoms with Gasteiger partial charge in [-0.3, -0.25) is 9.69 Å². The van der Waals surface area contributed by atoms with Crippen LogP contribution in [0, 0.1) is 5.92 Å². The first kappa shape index (κ1) is 19.9. The second-order valence-electron chi connectivity index (χ2n) is 7.54. The number of halogens is 1. The summed E-state index contributed by atoms with van der Waals surface area (Å²) in [5.41, 5.74) is 3.29. The summed E-state index contributed by atoms with van der Waals surface area (Å²) >= 11 is 6.19. The first-order valence-corrected chi connectivity index (χ1v) is 10.6. The summed E-state index contributed by atoms with van der Waals surface area (Å²) in [6.45, 7) is 5.57. The fourth-order valence-electron chi connectivity index (χ4n) is 4.03. The molecule has 1 aromatic heterocycles. The van der Waals surface area contributed by atoms with E-state index in [2.05, 4.69) is 27.7 Å². The van der Waals surface area contributed by atoms with Crippen LogP contribution in [-0.4, -0.2) is 40.1 Å². The Morgan fingerprint density at radius 1 is 1.14 bits per heavy atom. The maximum Gasteiger partial charge on any atom is 0.309 e. The van der Waals surface area contributed by atoms with E-state index >= 15 is 0 Å². The average Bonchev–Trinajstić information content (AvgIpc) is 3.06. The van der Waals surface area contributed by atoms with Crippen LogP contribution in [0.1, 0.15) is 31.2 Å². The number of aromatic nitrogens is 2. The van der Waals surface area contributed by atoms with Gasteiger partial charge in [-0.05, 0) is 62.7 Å². The standard InChI is InChI=1S/C23H26ClN3O2/c1-2-29-23(28)18-10-12-26(13-11-18)16-22-25-20-8-3-4-9-21(20)27(22)15-17-6-5-7-19(24)14-17/h3-9,14,18H,2,10-13,15-16H2,1H3. The molecule has 6 heteroatoms. The number of fused-ring (bicyclic) bond motifs is 1. The SMILES string of the molecule is CCOC(=O)C1CCN(Cc2nc3ccccc3n2Cc2cccc(Cl)c2)CC1. The van der Waals surface area contributed by atoms with Crippen LogP contribution in [-0.2, 0) is 22.6 Å². The summed E-state index contributed by atoms with van der Waals surface area (Å²) in [7, 11) is 0. The quantitative estimate of drug-likeness (QED) is 0.560. The smallest absolute Gasteiger partial charge is 0.309 e. The van der Waals surface area contributed by atoms with Crippen molar-refractivity contribution in [2.24, 2.45) is 5.92 Å². The van der Waals surface area contributed by atoms with Crippen molar-refractivity contribution in [1.29, 1.82) is 0 Å². The Kier molecular flexibility index (Phi) is 6.16. The molecule has 1 saturated heterocycles. The third kappa shape index (κ3) is 4.62. The molecule has 0 atom stereocenters. The van der Waals surface area contributed by atoms with Gasteiger partial charge in [0.05, 0.1) is 30.1 Å². The Labute approximate surface area is 176 Å². The molecular weight excluding hydrogens is 386 g/mol. The molecule has 2 aromatic carbocycles. The largest absolute Gasteiger partial charge is 0.466 e. The highest BCUT2D eigenvalue weighted by Crippen LogP contribution is 2.23. The molecule has 0 amide bonds. The van der Waals surface area contributed by atoms with Crippen molar-refractivity contribution in [1.82, 2.24) is 14.5 Å². The van der Waals surface area contributed by atoms with E-state index in [0.29, 0.717) is 6.61 Å². The van der Waals surface area contributed by atoms with Crippen molar-refractivity contribution in [3.05, 3.63) is 64.9 Å². The zero-order valence-electron chi connectivity index (χ0n) is 16.7. The minimum atomic E-state index is -0.0552. The molecule has 0 N–H and O–H groups in total. The van der Waals surface area contributed by atoms with E-state index in [1.54, 1.807) is 0 Å². The van der Waals surface area contributed by atoms with E-state index in [1.165, 1.54) is 0 Å². The number of para-hydroxylation sites is 2. The van der Waals surface area contributed by atoms with Crippen molar-refractivity contribution in [2.45, 2.75) is 32.9 Å². The number of esters is 1. The number of carbonyl (C=O) groups is 1. The van der Waals surface area contributed by atoms with Crippen LogP contribution in [0.4, 0.5) is 0 Å². The number of imidazole rings is 1. The van der Waals surface area contributed by atoms with Gasteiger partial charge < -0.3 is 9.30 Å². The van der Waals surface area contributed by atoms with Gasteiger partial charge in [-0.15, -0.1) is 0 Å². The van der Waals surface area contributed by atoms with Crippen LogP contribution >= 0.6 is 11.6 Å². The molecule has 0 unspecified atom stereocenters. The lowest BCUT2D eigenvalue weighted by molar-refractivity contribution is -0.149. The molecule has 3 aromatic rings. The van der Waals surface area contributed by atoms with Gasteiger partial charge in [0, 0.05) is 11.6 Å². The lowest BCUT2D eigenvalue weighted by Crippen LogP contribution is -2.37. The molecule has 0 saturated carbocycles. The van der Waals surface area contributed by atoms with Crippen LogP contribution in [0.5, 0.6) is 0 Å². The van der Waals surface area contributed by atoms with Crippen molar-refractivity contribution in [3.8, 4) is 0 Å². The summed E-state index contributed by atoms with van der Waals surface area (Å²) in [6, 6.07) is 16.2. The summed E-state index contributed by atoms with van der Waals surface area (Å²) in [4.78, 5) is 19.3. The Balaban J connectivity index is 1.52. The number of likely N-dealkylation sites (tertiary alicyclic amines) is 1. The molecule has 5 nitrogen and oxygen atoms in total. The number of hydrogen-bond donors (Lipinski definition) is 0. The van der Waals surface area contributed by atoms with Gasteiger partial charge in [0.1, 0.15) is 5.82 Å². The van der Waals surface area contributed by atoms with Gasteiger partial charge in [0.2, 0.25) is 0 Å². The molecule has 1 aliphatic heterocycles. The van der Waals surface area contributed by atoms with E-state index in [4.69, 9.17) is 21.3 Å². The van der Waals surface area contributed by atoms with Crippen LogP contribution < -0.4 is 0 Å². The van der Waals surface area contributed by atoms with Gasteiger partial charge >= 0.3 is 5.97 Å². The highest BCUT2D eigenvalue weighted by molar-refractivity contribution is 6.30. The Morgan fingerprint density at radius 3 is 2.69 bits per heavy atom. The maximum absolute atomic E-state index is 12.0. The van der Waals surface area contributed by atoms with Crippen LogP contribution in [0.3, 0.4) is 0 Å². The van der Waals surface area contributed by atoms with Gasteiger partial charge in [-0.2, -0.15) is 0 Å². The third-order valence-corrected chi connectivity index (χ3v) is 5.77. The maximum atomic E-state index is 12.0. The van der Waals surface area contributed by atoms with E-state index in [9.17, 15) is 4.79 Å². The molecule has 0 spiro atoms. The zero-order valence-corrected chi connectivity index (χ0v) is 17.4. The highest BCUT2D eigenvalue weighted by Gasteiger charge is 2.26. The molecule has 1 fully saturated rings. The Hall–Kier alpha value is -2.37. The number of ether oxygens (including phenoxy) is 1. The van der Waals surface area contributed by atoms with Crippen molar-refractivity contribution >= 4 is 28.6 Å². The zero-order chi connectivity index (χ0) is 20.2. The topological polar surface area (TPSA) is 47.4 Å². The number of rotatable bonds is 6. The molecule has 4 rings (SSSR count). The molecule has 0 aliphatic carbocycles. The van der Waals surface area contributed by atoms with Crippen molar-refractivity contribution in [2.75, 3.05) is 19.7 Å². The summed E-state index contributed by atoms with van der Waals surface area (Å²) in [6.07, 6.45) is 1.68. The molecular formula is C23H26ClN3O2. The van der Waals surface area contributed by atoms with E-state index in [0.717, 1.165) is 66.5 Å². The lowest BCUT2D eigenvalue weighted by atomic mass is 9.97. The summed E-state index contributed by atoms with van der Waals surface area (Å²) < 4.78 is 7.46. The van der Waals surface area contributed by atoms with Crippen LogP contribution in [0.2, 0.25) is 5.02 Å². The van der Waals surface area contributed by atoms with Gasteiger partial charge in [0.15, 0.2) is 0 Å². The molecule has 0 bridgehead atoms. The van der Waals surface area contributed by atoms with Crippen molar-refractivity contribution in [3.63, 3.8) is 0 Å². The van der Waals surface area contributed by atoms with Gasteiger partial charge in [-0.1, -0.05) is 35.9 Å². The van der Waals surface area contributed by atoms with Gasteiger partial charge in [-0.25, -0.2) is 4.98 Å². The summed E-state index contributed by atoms with van der Waals surface area (Å²) in [5.74, 6) is 1.01. The average molecular weight is 412 g/mol. The highest BCUT2D eigenvalue weighted by atomic mass is 35.5. The number of piperidine rings is 1. The summed E-state index contributed by atoms with van der Waals surface area (Å²) in [5, 5.41) is 0.745. The molecule has 152 valence electrons. The Bertz CT molecular complexity index is 993. The molecule has 2 heterocycles. The third-order valence-electron chi connectivity index (χ3n) is 5.54. The molecule has 0 radical (unpaired) electrons. The first-order chi connectivity index (χ1) is 14.1. The second-order valence-corrected chi connectivity index (χ2v) is 7.97.